The standard InChI is InChI=1S/C31H36F2O6S2/c1-20(2)28-38-30(7,39-28)23-10-16-26(17-11-23)40(25-14-8-22(9-15-25)29(4,5)6)27-18-12-24(13-19-27)37-21(3)31(32,33)41(34,35)36/h8-21,28H,1-7H3/p+1. The molecule has 0 spiro atoms. The summed E-state index contributed by atoms with van der Waals surface area (Å²) in [6.07, 6.45) is -2.33. The molecule has 1 aliphatic heterocycles. The van der Waals surface area contributed by atoms with Gasteiger partial charge in [0.2, 0.25) is 0 Å². The summed E-state index contributed by atoms with van der Waals surface area (Å²) in [7, 11) is -6.18. The van der Waals surface area contributed by atoms with E-state index in [-0.39, 0.29) is 23.4 Å². The van der Waals surface area contributed by atoms with Gasteiger partial charge in [-0.25, -0.2) is 0 Å². The van der Waals surface area contributed by atoms with Crippen LogP contribution in [-0.2, 0) is 41.7 Å². The average molecular weight is 608 g/mol. The molecule has 3 aromatic rings. The quantitative estimate of drug-likeness (QED) is 0.200. The van der Waals surface area contributed by atoms with Crippen molar-refractivity contribution < 1.29 is 36.0 Å². The first kappa shape index (κ1) is 31.4. The molecule has 1 fully saturated rings. The summed E-state index contributed by atoms with van der Waals surface area (Å²) in [6.45, 7) is 13.3. The van der Waals surface area contributed by atoms with Gasteiger partial charge in [-0.05, 0) is 85.5 Å². The van der Waals surface area contributed by atoms with Crippen LogP contribution in [0.15, 0.2) is 87.5 Å². The Bertz CT molecular complexity index is 1440. The Balaban J connectivity index is 1.65. The predicted molar refractivity (Wildman–Crippen MR) is 155 cm³/mol. The molecule has 1 aliphatic rings. The van der Waals surface area contributed by atoms with Gasteiger partial charge in [0.15, 0.2) is 32.9 Å². The molecule has 41 heavy (non-hydrogen) atoms. The van der Waals surface area contributed by atoms with Gasteiger partial charge >= 0.3 is 15.4 Å². The molecule has 1 N–H and O–H groups in total. The number of alkyl halides is 2. The number of hydrogen-bond acceptors (Lipinski definition) is 5. The fourth-order valence-corrected chi connectivity index (χ4v) is 6.90. The number of hydrogen-bond donors (Lipinski definition) is 1. The molecular weight excluding hydrogens is 570 g/mol. The van der Waals surface area contributed by atoms with Crippen molar-refractivity contribution in [1.82, 2.24) is 0 Å². The second kappa shape index (κ2) is 11.3. The van der Waals surface area contributed by atoms with E-state index in [1.165, 1.54) is 17.7 Å². The molecule has 0 amide bonds. The Hall–Kier alpha value is -2.50. The van der Waals surface area contributed by atoms with E-state index in [1.807, 2.05) is 45.0 Å². The third-order valence-corrected chi connectivity index (χ3v) is 10.2. The Morgan fingerprint density at radius 3 is 1.71 bits per heavy atom. The van der Waals surface area contributed by atoms with Crippen LogP contribution in [0, 0.1) is 5.92 Å². The van der Waals surface area contributed by atoms with E-state index < -0.39 is 38.2 Å². The molecule has 0 bridgehead atoms. The van der Waals surface area contributed by atoms with Crippen LogP contribution in [-0.4, -0.2) is 30.6 Å². The van der Waals surface area contributed by atoms with Gasteiger partial charge < -0.3 is 14.2 Å². The summed E-state index contributed by atoms with van der Waals surface area (Å²) in [5.41, 5.74) is 2.09. The second-order valence-electron chi connectivity index (χ2n) is 11.7. The van der Waals surface area contributed by atoms with E-state index in [1.54, 1.807) is 12.1 Å². The fourth-order valence-electron chi connectivity index (χ4n) is 4.39. The van der Waals surface area contributed by atoms with Crippen molar-refractivity contribution in [3.05, 3.63) is 83.9 Å². The number of ether oxygens (including phenoxy) is 3. The minimum absolute atomic E-state index is 0.00928. The molecule has 2 atom stereocenters. The molecule has 2 unspecified atom stereocenters. The Kier molecular flexibility index (Phi) is 8.66. The fraction of sp³-hybridized carbons (Fsp3) is 0.419. The average Bonchev–Trinajstić information content (AvgIpc) is 2.87. The lowest BCUT2D eigenvalue weighted by Gasteiger charge is -2.47. The normalized spacial score (nSPS) is 21.3. The van der Waals surface area contributed by atoms with E-state index in [0.717, 1.165) is 27.2 Å². The van der Waals surface area contributed by atoms with E-state index in [4.69, 9.17) is 18.8 Å². The molecule has 1 saturated heterocycles. The maximum Gasteiger partial charge on any atom is 0.405 e. The molecule has 0 aromatic heterocycles. The van der Waals surface area contributed by atoms with E-state index >= 15 is 0 Å². The van der Waals surface area contributed by atoms with Gasteiger partial charge in [0.1, 0.15) is 5.75 Å². The van der Waals surface area contributed by atoms with Crippen molar-refractivity contribution >= 4 is 21.0 Å². The Morgan fingerprint density at radius 1 is 0.854 bits per heavy atom. The zero-order valence-corrected chi connectivity index (χ0v) is 25.9. The molecule has 1 heterocycles. The van der Waals surface area contributed by atoms with Gasteiger partial charge in [-0.1, -0.05) is 46.8 Å². The first-order valence-corrected chi connectivity index (χ1v) is 16.0. The molecule has 222 valence electrons. The zero-order valence-electron chi connectivity index (χ0n) is 24.2. The van der Waals surface area contributed by atoms with Crippen LogP contribution < -0.4 is 4.74 Å². The van der Waals surface area contributed by atoms with Gasteiger partial charge in [-0.2, -0.15) is 17.2 Å². The summed E-state index contributed by atoms with van der Waals surface area (Å²) >= 11 is 0. The number of halogens is 2. The highest BCUT2D eigenvalue weighted by molar-refractivity contribution is 7.97. The maximum absolute atomic E-state index is 14.0. The third kappa shape index (κ3) is 6.62. The van der Waals surface area contributed by atoms with Crippen molar-refractivity contribution in [2.24, 2.45) is 5.92 Å². The summed E-state index contributed by atoms with van der Waals surface area (Å²) in [4.78, 5) is 3.00. The summed E-state index contributed by atoms with van der Waals surface area (Å²) in [5.74, 6) is -0.503. The van der Waals surface area contributed by atoms with Crippen LogP contribution in [0.3, 0.4) is 0 Å². The van der Waals surface area contributed by atoms with Gasteiger partial charge in [-0.15, -0.1) is 0 Å². The van der Waals surface area contributed by atoms with Crippen molar-refractivity contribution in [2.45, 2.75) is 92.0 Å². The highest BCUT2D eigenvalue weighted by Crippen LogP contribution is 2.42. The van der Waals surface area contributed by atoms with Crippen LogP contribution in [0.4, 0.5) is 8.78 Å². The van der Waals surface area contributed by atoms with Crippen molar-refractivity contribution in [2.75, 3.05) is 0 Å². The monoisotopic (exact) mass is 607 g/mol. The molecule has 0 aliphatic carbocycles. The van der Waals surface area contributed by atoms with Crippen LogP contribution in [0.25, 0.3) is 0 Å². The molecule has 0 saturated carbocycles. The van der Waals surface area contributed by atoms with E-state index in [0.29, 0.717) is 0 Å². The van der Waals surface area contributed by atoms with Gasteiger partial charge in [0, 0.05) is 11.5 Å². The highest BCUT2D eigenvalue weighted by atomic mass is 32.2. The first-order valence-electron chi connectivity index (χ1n) is 13.3. The summed E-state index contributed by atoms with van der Waals surface area (Å²) in [6, 6.07) is 23.1. The zero-order chi connectivity index (χ0) is 30.4. The molecular formula is C31H37F2O6S2+. The molecule has 10 heteroatoms. The van der Waals surface area contributed by atoms with Crippen LogP contribution >= 0.6 is 0 Å². The second-order valence-corrected chi connectivity index (χ2v) is 15.2. The van der Waals surface area contributed by atoms with E-state index in [2.05, 4.69) is 45.0 Å². The lowest BCUT2D eigenvalue weighted by atomic mass is 9.87. The van der Waals surface area contributed by atoms with Gasteiger partial charge in [0.25, 0.3) is 0 Å². The molecule has 0 radical (unpaired) electrons. The van der Waals surface area contributed by atoms with Crippen LogP contribution in [0.1, 0.15) is 59.6 Å². The molecule has 4 rings (SSSR count). The SMILES string of the molecule is CC(C)C1OC(C)(c2ccc([S+](c3ccc(OC(C)C(F)(F)S(=O)(=O)O)cc3)c3ccc(C(C)(C)C)cc3)cc2)O1. The lowest BCUT2D eigenvalue weighted by molar-refractivity contribution is -0.465. The minimum atomic E-state index is -5.62. The molecule has 3 aromatic carbocycles. The highest BCUT2D eigenvalue weighted by Gasteiger charge is 2.51. The number of rotatable bonds is 9. The summed E-state index contributed by atoms with van der Waals surface area (Å²) in [5, 5.41) is -4.45. The smallest absolute Gasteiger partial charge is 0.405 e. The van der Waals surface area contributed by atoms with Crippen LogP contribution in [0.5, 0.6) is 5.75 Å². The third-order valence-electron chi connectivity index (χ3n) is 6.99. The van der Waals surface area contributed by atoms with E-state index in [9.17, 15) is 17.2 Å². The van der Waals surface area contributed by atoms with Crippen molar-refractivity contribution in [3.8, 4) is 5.75 Å². The van der Waals surface area contributed by atoms with Crippen LogP contribution in [0.2, 0.25) is 0 Å². The van der Waals surface area contributed by atoms with Gasteiger partial charge in [0.05, 0.1) is 10.9 Å². The summed E-state index contributed by atoms with van der Waals surface area (Å²) < 4.78 is 76.3. The topological polar surface area (TPSA) is 82.1 Å². The Morgan fingerprint density at radius 2 is 1.29 bits per heavy atom. The number of benzene rings is 3. The Labute approximate surface area is 244 Å². The largest absolute Gasteiger partial charge is 0.483 e. The molecule has 6 nitrogen and oxygen atoms in total. The van der Waals surface area contributed by atoms with Crippen molar-refractivity contribution in [1.29, 1.82) is 0 Å². The first-order chi connectivity index (χ1) is 18.9. The van der Waals surface area contributed by atoms with Crippen molar-refractivity contribution in [3.63, 3.8) is 0 Å². The minimum Gasteiger partial charge on any atom is -0.483 e. The van der Waals surface area contributed by atoms with Gasteiger partial charge in [-0.3, -0.25) is 4.55 Å². The predicted octanol–water partition coefficient (Wildman–Crippen LogP) is 7.53. The maximum atomic E-state index is 14.0. The lowest BCUT2D eigenvalue weighted by Crippen LogP contribution is -2.51.